The second-order valence-corrected chi connectivity index (χ2v) is 11.2. The topological polar surface area (TPSA) is 280 Å². The van der Waals surface area contributed by atoms with Gasteiger partial charge in [0.15, 0.2) is 12.6 Å². The molecule has 3 rings (SSSR count). The Morgan fingerprint density at radius 2 is 1.70 bits per heavy atom. The summed E-state index contributed by atoms with van der Waals surface area (Å²) in [7, 11) is 3.54. The van der Waals surface area contributed by atoms with Gasteiger partial charge < -0.3 is 78.3 Å². The summed E-state index contributed by atoms with van der Waals surface area (Å²) >= 11 is 0. The molecule has 15 N–H and O–H groups in total. The number of aliphatic hydroxyl groups excluding tert-OH is 4. The van der Waals surface area contributed by atoms with Crippen molar-refractivity contribution in [2.75, 3.05) is 33.8 Å². The molecule has 0 radical (unpaired) electrons. The Hall–Kier alpha value is -1.09. The molecule has 14 atom stereocenters. The van der Waals surface area contributed by atoms with Crippen molar-refractivity contribution in [1.29, 1.82) is 0 Å². The van der Waals surface area contributed by atoms with Gasteiger partial charge in [-0.05, 0) is 46.3 Å². The summed E-state index contributed by atoms with van der Waals surface area (Å²) in [6.07, 6.45) is -7.75. The molecule has 3 aliphatic rings. The number of nitrogens with one attached hydrogen (secondary N) is 1. The first-order chi connectivity index (χ1) is 18.9. The number of hydrogen-bond acceptors (Lipinski definition) is 15. The minimum atomic E-state index is -1.46. The number of rotatable bonds is 11. The van der Waals surface area contributed by atoms with E-state index in [9.17, 15) is 25.2 Å². The molecule has 0 aromatic heterocycles. The van der Waals surface area contributed by atoms with Gasteiger partial charge in [-0.1, -0.05) is 0 Å². The molecule has 16 nitrogen and oxygen atoms in total. The molecule has 3 fully saturated rings. The van der Waals surface area contributed by atoms with E-state index in [1.807, 2.05) is 0 Å². The quantitative estimate of drug-likeness (QED) is 0.109. The molecular formula is C24H49N7O9. The maximum absolute atomic E-state index is 12.8. The third kappa shape index (κ3) is 7.64. The fourth-order valence-corrected chi connectivity index (χ4v) is 5.61. The van der Waals surface area contributed by atoms with Crippen LogP contribution in [0, 0.1) is 0 Å². The Labute approximate surface area is 234 Å². The Kier molecular flexibility index (Phi) is 12.4. The predicted molar refractivity (Wildman–Crippen MR) is 142 cm³/mol. The molecule has 0 unspecified atom stereocenters. The average Bonchev–Trinajstić information content (AvgIpc) is 2.92. The van der Waals surface area contributed by atoms with Crippen molar-refractivity contribution in [1.82, 2.24) is 10.2 Å². The Morgan fingerprint density at radius 3 is 2.30 bits per heavy atom. The van der Waals surface area contributed by atoms with Crippen LogP contribution in [0.1, 0.15) is 25.7 Å². The van der Waals surface area contributed by atoms with Gasteiger partial charge >= 0.3 is 0 Å². The van der Waals surface area contributed by atoms with Crippen molar-refractivity contribution in [3.05, 3.63) is 0 Å². The van der Waals surface area contributed by atoms with Crippen molar-refractivity contribution in [3.8, 4) is 0 Å². The van der Waals surface area contributed by atoms with E-state index in [0.717, 1.165) is 0 Å². The van der Waals surface area contributed by atoms with Crippen LogP contribution in [0.2, 0.25) is 0 Å². The van der Waals surface area contributed by atoms with E-state index in [1.165, 1.54) is 0 Å². The SMILES string of the molecule is CN(C)[C@H]1[C@@H](O[C@H]2O[C@H](CO)[C@@H](O)[C@H](N)[C@H]2O)[C@H](NC(=O)[C@@H](O)CCN)C[C@H](N)[C@H]1O[C@H]1O[C@H](CN)CC[C@H]1N. The first kappa shape index (κ1) is 33.4. The van der Waals surface area contributed by atoms with E-state index in [0.29, 0.717) is 19.4 Å². The molecule has 0 spiro atoms. The highest BCUT2D eigenvalue weighted by Crippen LogP contribution is 2.33. The first-order valence-electron chi connectivity index (χ1n) is 13.8. The van der Waals surface area contributed by atoms with Gasteiger partial charge in [-0.3, -0.25) is 4.79 Å². The summed E-state index contributed by atoms with van der Waals surface area (Å²) in [6.45, 7) is -0.157. The van der Waals surface area contributed by atoms with Gasteiger partial charge in [0.1, 0.15) is 24.4 Å². The van der Waals surface area contributed by atoms with Gasteiger partial charge in [0.25, 0.3) is 0 Å². The van der Waals surface area contributed by atoms with Crippen LogP contribution >= 0.6 is 0 Å². The molecule has 2 aliphatic heterocycles. The van der Waals surface area contributed by atoms with Gasteiger partial charge in [-0.25, -0.2) is 0 Å². The Morgan fingerprint density at radius 1 is 1.02 bits per heavy atom. The van der Waals surface area contributed by atoms with E-state index < -0.39 is 91.9 Å². The standard InChI is InChI=1S/C24H49N7O9/c1-31(2)17-20(39-23-11(27)4-3-10(8-26)37-23)12(28)7-13(30-22(36)14(33)5-6-25)21(17)40-24-19(35)16(29)18(34)15(9-32)38-24/h10-21,23-24,32-35H,3-9,25-29H2,1-2H3,(H,30,36)/t10-,11+,12-,13+,14-,15+,16-,17+,18+,19+,20+,21-,23+,24+/m0/s1. The zero-order valence-electron chi connectivity index (χ0n) is 23.2. The zero-order chi connectivity index (χ0) is 29.7. The highest BCUT2D eigenvalue weighted by atomic mass is 16.7. The lowest BCUT2D eigenvalue weighted by molar-refractivity contribution is -0.307. The molecule has 1 amide bonds. The second kappa shape index (κ2) is 14.9. The van der Waals surface area contributed by atoms with Crippen molar-refractivity contribution in [2.24, 2.45) is 28.7 Å². The van der Waals surface area contributed by atoms with Crippen LogP contribution in [0.3, 0.4) is 0 Å². The summed E-state index contributed by atoms with van der Waals surface area (Å²) in [4.78, 5) is 14.6. The predicted octanol–water partition coefficient (Wildman–Crippen LogP) is -5.83. The number of nitrogens with two attached hydrogens (primary N) is 5. The lowest BCUT2D eigenvalue weighted by atomic mass is 9.81. The van der Waals surface area contributed by atoms with Gasteiger partial charge in [0, 0.05) is 12.6 Å². The molecule has 40 heavy (non-hydrogen) atoms. The average molecular weight is 580 g/mol. The number of aliphatic hydroxyl groups is 4. The summed E-state index contributed by atoms with van der Waals surface area (Å²) in [5, 5.41) is 43.8. The highest BCUT2D eigenvalue weighted by Gasteiger charge is 2.52. The van der Waals surface area contributed by atoms with E-state index in [1.54, 1.807) is 19.0 Å². The third-order valence-electron chi connectivity index (χ3n) is 7.97. The molecule has 0 aromatic carbocycles. The summed E-state index contributed by atoms with van der Waals surface area (Å²) in [6, 6.07) is -3.65. The molecule has 234 valence electrons. The van der Waals surface area contributed by atoms with Crippen molar-refractivity contribution in [3.63, 3.8) is 0 Å². The molecule has 1 saturated carbocycles. The Bertz CT molecular complexity index is 800. The van der Waals surface area contributed by atoms with Crippen LogP contribution in [0.15, 0.2) is 0 Å². The summed E-state index contributed by atoms with van der Waals surface area (Å²) in [5.41, 5.74) is 30.2. The molecular weight excluding hydrogens is 530 g/mol. The number of nitrogens with zero attached hydrogens (tertiary/aromatic N) is 1. The minimum absolute atomic E-state index is 0.0492. The third-order valence-corrected chi connectivity index (χ3v) is 7.97. The second-order valence-electron chi connectivity index (χ2n) is 11.2. The van der Waals surface area contributed by atoms with Crippen molar-refractivity contribution in [2.45, 2.75) is 111 Å². The largest absolute Gasteiger partial charge is 0.394 e. The Balaban J connectivity index is 1.92. The van der Waals surface area contributed by atoms with Gasteiger partial charge in [-0.2, -0.15) is 0 Å². The van der Waals surface area contributed by atoms with Crippen LogP contribution in [0.5, 0.6) is 0 Å². The van der Waals surface area contributed by atoms with E-state index in [4.69, 9.17) is 47.6 Å². The number of carbonyl (C=O) groups is 1. The highest BCUT2D eigenvalue weighted by molar-refractivity contribution is 5.80. The van der Waals surface area contributed by atoms with Crippen LogP contribution in [-0.4, -0.2) is 151 Å². The van der Waals surface area contributed by atoms with Gasteiger partial charge in [-0.15, -0.1) is 0 Å². The van der Waals surface area contributed by atoms with Crippen LogP contribution in [0.25, 0.3) is 0 Å². The number of ether oxygens (including phenoxy) is 4. The summed E-state index contributed by atoms with van der Waals surface area (Å²) < 4.78 is 24.4. The molecule has 1 aliphatic carbocycles. The molecule has 16 heteroatoms. The number of hydrogen-bond donors (Lipinski definition) is 10. The van der Waals surface area contributed by atoms with E-state index >= 15 is 0 Å². The van der Waals surface area contributed by atoms with E-state index in [2.05, 4.69) is 5.32 Å². The van der Waals surface area contributed by atoms with Gasteiger partial charge in [0.05, 0.1) is 49.1 Å². The molecule has 0 bridgehead atoms. The maximum Gasteiger partial charge on any atom is 0.249 e. The number of likely N-dealkylation sites (N-methyl/N-ethyl adjacent to an activating group) is 1. The number of carbonyl (C=O) groups excluding carboxylic acids is 1. The lowest BCUT2D eigenvalue weighted by Gasteiger charge is -2.51. The first-order valence-corrected chi connectivity index (χ1v) is 13.8. The normalized spacial score (nSPS) is 43.5. The maximum atomic E-state index is 12.8. The van der Waals surface area contributed by atoms with Crippen LogP contribution in [-0.2, 0) is 23.7 Å². The summed E-state index contributed by atoms with van der Waals surface area (Å²) in [5.74, 6) is -0.665. The zero-order valence-corrected chi connectivity index (χ0v) is 23.2. The molecule has 0 aromatic rings. The van der Waals surface area contributed by atoms with E-state index in [-0.39, 0.29) is 25.5 Å². The number of amides is 1. The van der Waals surface area contributed by atoms with Crippen molar-refractivity contribution < 1.29 is 44.2 Å². The monoisotopic (exact) mass is 579 g/mol. The molecule has 2 heterocycles. The van der Waals surface area contributed by atoms with Gasteiger partial charge in [0.2, 0.25) is 5.91 Å². The fourth-order valence-electron chi connectivity index (χ4n) is 5.61. The lowest BCUT2D eigenvalue weighted by Crippen LogP contribution is -2.71. The molecule has 2 saturated heterocycles. The smallest absolute Gasteiger partial charge is 0.249 e. The fraction of sp³-hybridized carbons (Fsp3) is 0.958. The van der Waals surface area contributed by atoms with Crippen molar-refractivity contribution >= 4 is 5.91 Å². The minimum Gasteiger partial charge on any atom is -0.394 e. The van der Waals surface area contributed by atoms with Crippen LogP contribution < -0.4 is 34.0 Å². The van der Waals surface area contributed by atoms with Crippen LogP contribution in [0.4, 0.5) is 0 Å².